The van der Waals surface area contributed by atoms with Gasteiger partial charge in [-0.05, 0) is 12.5 Å². The van der Waals surface area contributed by atoms with Crippen LogP contribution in [-0.4, -0.2) is 20.2 Å². The van der Waals surface area contributed by atoms with E-state index in [4.69, 9.17) is 13.9 Å². The van der Waals surface area contributed by atoms with E-state index in [1.807, 2.05) is 43.3 Å². The second-order valence-electron chi connectivity index (χ2n) is 4.62. The molecule has 0 radical (unpaired) electrons. The molecule has 4 nitrogen and oxygen atoms in total. The number of methoxy groups -OCH3 is 2. The summed E-state index contributed by atoms with van der Waals surface area (Å²) in [7, 11) is 2.95. The fourth-order valence-electron chi connectivity index (χ4n) is 2.09. The third-order valence-electron chi connectivity index (χ3n) is 3.14. The molecular weight excluding hydrogens is 256 g/mol. The van der Waals surface area contributed by atoms with E-state index in [1.165, 1.54) is 7.11 Å². The van der Waals surface area contributed by atoms with E-state index in [9.17, 15) is 4.79 Å². The summed E-state index contributed by atoms with van der Waals surface area (Å²) in [5, 5.41) is 0. The number of benzene rings is 1. The maximum Gasteiger partial charge on any atom is 0.308 e. The maximum absolute atomic E-state index is 11.5. The Balaban J connectivity index is 2.26. The Labute approximate surface area is 118 Å². The van der Waals surface area contributed by atoms with Crippen LogP contribution in [0.15, 0.2) is 40.8 Å². The molecule has 0 fully saturated rings. The molecule has 0 amide bonds. The summed E-state index contributed by atoms with van der Waals surface area (Å²) < 4.78 is 15.7. The summed E-state index contributed by atoms with van der Waals surface area (Å²) in [5.41, 5.74) is 1.84. The van der Waals surface area contributed by atoms with Crippen molar-refractivity contribution in [3.63, 3.8) is 0 Å². The molecule has 1 aromatic carbocycles. The Kier molecular flexibility index (Phi) is 4.45. The van der Waals surface area contributed by atoms with Gasteiger partial charge in [-0.2, -0.15) is 0 Å². The lowest BCUT2D eigenvalue weighted by Crippen LogP contribution is -2.15. The molecule has 1 unspecified atom stereocenters. The van der Waals surface area contributed by atoms with E-state index in [0.29, 0.717) is 12.4 Å². The monoisotopic (exact) mass is 274 g/mol. The fourth-order valence-corrected chi connectivity index (χ4v) is 2.09. The third kappa shape index (κ3) is 3.02. The highest BCUT2D eigenvalue weighted by molar-refractivity contribution is 5.72. The van der Waals surface area contributed by atoms with Crippen molar-refractivity contribution in [3.8, 4) is 17.3 Å². The largest absolute Gasteiger partial charge is 0.469 e. The molecule has 0 aliphatic rings. The topological polar surface area (TPSA) is 48.7 Å². The Bertz CT molecular complexity index is 571. The highest BCUT2D eigenvalue weighted by atomic mass is 16.6. The number of esters is 1. The SMILES string of the molecule is COC(=O)C(C)Cc1cc(-c2ccccc2)oc1OC. The predicted molar refractivity (Wildman–Crippen MR) is 75.6 cm³/mol. The molecular formula is C16H18O4. The van der Waals surface area contributed by atoms with Crippen molar-refractivity contribution >= 4 is 5.97 Å². The fraction of sp³-hybridized carbons (Fsp3) is 0.312. The molecule has 0 spiro atoms. The molecule has 0 N–H and O–H groups in total. The second kappa shape index (κ2) is 6.28. The first-order valence-corrected chi connectivity index (χ1v) is 6.45. The van der Waals surface area contributed by atoms with E-state index >= 15 is 0 Å². The maximum atomic E-state index is 11.5. The van der Waals surface area contributed by atoms with Gasteiger partial charge in [-0.25, -0.2) is 0 Å². The van der Waals surface area contributed by atoms with Gasteiger partial charge >= 0.3 is 5.97 Å². The van der Waals surface area contributed by atoms with Crippen LogP contribution in [0.1, 0.15) is 12.5 Å². The second-order valence-corrected chi connectivity index (χ2v) is 4.62. The average molecular weight is 274 g/mol. The first-order chi connectivity index (χ1) is 9.65. The van der Waals surface area contributed by atoms with Crippen LogP contribution < -0.4 is 4.74 Å². The molecule has 20 heavy (non-hydrogen) atoms. The van der Waals surface area contributed by atoms with Crippen LogP contribution in [0.4, 0.5) is 0 Å². The van der Waals surface area contributed by atoms with Crippen LogP contribution in [0.2, 0.25) is 0 Å². The molecule has 106 valence electrons. The van der Waals surface area contributed by atoms with Gasteiger partial charge in [0.2, 0.25) is 0 Å². The van der Waals surface area contributed by atoms with Gasteiger partial charge in [0.15, 0.2) is 0 Å². The number of hydrogen-bond acceptors (Lipinski definition) is 4. The van der Waals surface area contributed by atoms with E-state index in [0.717, 1.165) is 16.9 Å². The Morgan fingerprint density at radius 3 is 2.55 bits per heavy atom. The minimum atomic E-state index is -0.241. The van der Waals surface area contributed by atoms with Crippen molar-refractivity contribution in [2.75, 3.05) is 14.2 Å². The third-order valence-corrected chi connectivity index (χ3v) is 3.14. The standard InChI is InChI=1S/C16H18O4/c1-11(15(17)18-2)9-13-10-14(20-16(13)19-3)12-7-5-4-6-8-12/h4-8,10-11H,9H2,1-3H3. The first-order valence-electron chi connectivity index (χ1n) is 6.45. The van der Waals surface area contributed by atoms with Crippen molar-refractivity contribution in [2.45, 2.75) is 13.3 Å². The highest BCUT2D eigenvalue weighted by Crippen LogP contribution is 2.32. The lowest BCUT2D eigenvalue weighted by atomic mass is 10.0. The van der Waals surface area contributed by atoms with Crippen LogP contribution in [0.3, 0.4) is 0 Å². The van der Waals surface area contributed by atoms with E-state index in [1.54, 1.807) is 7.11 Å². The zero-order chi connectivity index (χ0) is 14.5. The zero-order valence-electron chi connectivity index (χ0n) is 11.9. The molecule has 1 atom stereocenters. The smallest absolute Gasteiger partial charge is 0.308 e. The number of hydrogen-bond donors (Lipinski definition) is 0. The van der Waals surface area contributed by atoms with Gasteiger partial charge in [0, 0.05) is 11.1 Å². The first kappa shape index (κ1) is 14.2. The summed E-state index contributed by atoms with van der Waals surface area (Å²) in [6.07, 6.45) is 0.520. The molecule has 0 saturated carbocycles. The van der Waals surface area contributed by atoms with Gasteiger partial charge in [-0.1, -0.05) is 37.3 Å². The summed E-state index contributed by atoms with van der Waals surface area (Å²) in [6, 6.07) is 11.7. The Morgan fingerprint density at radius 1 is 1.25 bits per heavy atom. The van der Waals surface area contributed by atoms with Crippen LogP contribution in [0.25, 0.3) is 11.3 Å². The molecule has 0 bridgehead atoms. The van der Waals surface area contributed by atoms with Crippen molar-refractivity contribution < 1.29 is 18.7 Å². The summed E-state index contributed by atoms with van der Waals surface area (Å²) >= 11 is 0. The highest BCUT2D eigenvalue weighted by Gasteiger charge is 2.20. The summed E-state index contributed by atoms with van der Waals surface area (Å²) in [5.74, 6) is 0.693. The molecule has 4 heteroatoms. The normalized spacial score (nSPS) is 11.9. The minimum absolute atomic E-state index is 0.241. The Hall–Kier alpha value is -2.23. The van der Waals surface area contributed by atoms with Crippen molar-refractivity contribution in [2.24, 2.45) is 5.92 Å². The van der Waals surface area contributed by atoms with Crippen LogP contribution in [-0.2, 0) is 16.0 Å². The average Bonchev–Trinajstić information content (AvgIpc) is 2.90. The van der Waals surface area contributed by atoms with Crippen LogP contribution in [0.5, 0.6) is 5.95 Å². The number of furan rings is 1. The molecule has 0 saturated heterocycles. The van der Waals surface area contributed by atoms with Crippen molar-refractivity contribution in [1.29, 1.82) is 0 Å². The van der Waals surface area contributed by atoms with E-state index in [-0.39, 0.29) is 11.9 Å². The van der Waals surface area contributed by atoms with E-state index in [2.05, 4.69) is 0 Å². The zero-order valence-corrected chi connectivity index (χ0v) is 11.9. The van der Waals surface area contributed by atoms with Crippen LogP contribution in [0, 0.1) is 5.92 Å². The Morgan fingerprint density at radius 2 is 1.95 bits per heavy atom. The molecule has 0 aliphatic heterocycles. The van der Waals surface area contributed by atoms with Gasteiger partial charge < -0.3 is 13.9 Å². The minimum Gasteiger partial charge on any atom is -0.469 e. The number of carbonyl (C=O) groups is 1. The molecule has 2 rings (SSSR count). The van der Waals surface area contributed by atoms with Crippen LogP contribution >= 0.6 is 0 Å². The van der Waals surface area contributed by atoms with Gasteiger partial charge in [0.1, 0.15) is 5.76 Å². The van der Waals surface area contributed by atoms with E-state index < -0.39 is 0 Å². The number of rotatable bonds is 5. The van der Waals surface area contributed by atoms with Gasteiger partial charge in [-0.3, -0.25) is 4.79 Å². The van der Waals surface area contributed by atoms with Gasteiger partial charge in [-0.15, -0.1) is 0 Å². The van der Waals surface area contributed by atoms with Gasteiger partial charge in [0.05, 0.1) is 20.1 Å². The number of carbonyl (C=O) groups excluding carboxylic acids is 1. The molecule has 1 heterocycles. The molecule has 1 aromatic heterocycles. The van der Waals surface area contributed by atoms with Crippen molar-refractivity contribution in [3.05, 3.63) is 42.0 Å². The summed E-state index contributed by atoms with van der Waals surface area (Å²) in [4.78, 5) is 11.5. The lowest BCUT2D eigenvalue weighted by molar-refractivity contribution is -0.144. The molecule has 0 aliphatic carbocycles. The van der Waals surface area contributed by atoms with Gasteiger partial charge in [0.25, 0.3) is 5.95 Å². The predicted octanol–water partition coefficient (Wildman–Crippen LogP) is 3.31. The lowest BCUT2D eigenvalue weighted by Gasteiger charge is -2.07. The quantitative estimate of drug-likeness (QED) is 0.785. The van der Waals surface area contributed by atoms with Crippen molar-refractivity contribution in [1.82, 2.24) is 0 Å². The summed E-state index contributed by atoms with van der Waals surface area (Å²) in [6.45, 7) is 1.82. The molecule has 2 aromatic rings. The number of ether oxygens (including phenoxy) is 2.